The van der Waals surface area contributed by atoms with Crippen LogP contribution in [0.15, 0.2) is 29.2 Å². The third kappa shape index (κ3) is 4.97. The number of rotatable bonds is 5. The van der Waals surface area contributed by atoms with Crippen LogP contribution >= 0.6 is 0 Å². The summed E-state index contributed by atoms with van der Waals surface area (Å²) in [5, 5.41) is 0. The van der Waals surface area contributed by atoms with Crippen molar-refractivity contribution in [2.45, 2.75) is 37.2 Å². The van der Waals surface area contributed by atoms with E-state index in [1.807, 2.05) is 6.92 Å². The minimum absolute atomic E-state index is 0.0472. The fourth-order valence-corrected chi connectivity index (χ4v) is 2.72. The first-order valence-corrected chi connectivity index (χ1v) is 8.43. The lowest BCUT2D eigenvalue weighted by atomic mass is 10.1. The van der Waals surface area contributed by atoms with Gasteiger partial charge in [0.1, 0.15) is 6.61 Å². The van der Waals surface area contributed by atoms with Crippen molar-refractivity contribution in [1.29, 1.82) is 0 Å². The van der Waals surface area contributed by atoms with E-state index in [4.69, 9.17) is 9.47 Å². The topological polar surface area (TPSA) is 90.9 Å². The second-order valence-electron chi connectivity index (χ2n) is 5.04. The van der Waals surface area contributed by atoms with Crippen LogP contribution < -0.4 is 5.48 Å². The van der Waals surface area contributed by atoms with Crippen molar-refractivity contribution in [2.75, 3.05) is 13.2 Å². The Hall–Kier alpha value is -1.64. The molecule has 7 nitrogen and oxygen atoms in total. The second-order valence-corrected chi connectivity index (χ2v) is 6.59. The average Bonchev–Trinajstić information content (AvgIpc) is 2.52. The highest BCUT2D eigenvalue weighted by Crippen LogP contribution is 2.13. The molecule has 2 rings (SSSR count). The molecule has 8 heteroatoms. The predicted molar refractivity (Wildman–Crippen MR) is 77.5 cm³/mol. The molecule has 122 valence electrons. The molecule has 1 amide bonds. The first-order valence-electron chi connectivity index (χ1n) is 7.02. The summed E-state index contributed by atoms with van der Waals surface area (Å²) in [5.41, 5.74) is 2.69. The van der Waals surface area contributed by atoms with Crippen LogP contribution in [0.4, 0.5) is 4.79 Å². The average molecular weight is 329 g/mol. The predicted octanol–water partition coefficient (Wildman–Crippen LogP) is 1.91. The normalized spacial score (nSPS) is 18.7. The second kappa shape index (κ2) is 7.57. The third-order valence-electron chi connectivity index (χ3n) is 3.22. The van der Waals surface area contributed by atoms with Crippen LogP contribution in [0.2, 0.25) is 0 Å². The number of hydroxylamine groups is 1. The number of hydrogen-bond acceptors (Lipinski definition) is 6. The van der Waals surface area contributed by atoms with Crippen molar-refractivity contribution < 1.29 is 27.0 Å². The van der Waals surface area contributed by atoms with E-state index in [1.54, 1.807) is 17.6 Å². The van der Waals surface area contributed by atoms with E-state index in [2.05, 4.69) is 4.28 Å². The maximum Gasteiger partial charge on any atom is 0.432 e. The number of hydrogen-bond donors (Lipinski definition) is 1. The van der Waals surface area contributed by atoms with Crippen LogP contribution in [0.5, 0.6) is 0 Å². The van der Waals surface area contributed by atoms with Gasteiger partial charge in [-0.1, -0.05) is 17.7 Å². The minimum atomic E-state index is -4.06. The van der Waals surface area contributed by atoms with Gasteiger partial charge in [0, 0.05) is 6.61 Å². The molecule has 0 aromatic heterocycles. The quantitative estimate of drug-likeness (QED) is 0.830. The molecule has 1 aliphatic rings. The van der Waals surface area contributed by atoms with Crippen molar-refractivity contribution in [3.8, 4) is 0 Å². The van der Waals surface area contributed by atoms with Gasteiger partial charge in [0.05, 0.1) is 11.0 Å². The van der Waals surface area contributed by atoms with Gasteiger partial charge >= 0.3 is 16.2 Å². The number of amides is 1. The Bertz CT molecular complexity index is 592. The van der Waals surface area contributed by atoms with E-state index in [1.165, 1.54) is 12.1 Å². The molecule has 1 heterocycles. The monoisotopic (exact) mass is 329 g/mol. The highest BCUT2D eigenvalue weighted by molar-refractivity contribution is 7.86. The van der Waals surface area contributed by atoms with E-state index in [0.717, 1.165) is 24.8 Å². The van der Waals surface area contributed by atoms with Crippen LogP contribution in [-0.2, 0) is 23.9 Å². The molecule has 0 saturated carbocycles. The summed E-state index contributed by atoms with van der Waals surface area (Å²) in [4.78, 5) is 11.4. The van der Waals surface area contributed by atoms with Crippen LogP contribution in [0.1, 0.15) is 24.8 Å². The molecule has 1 saturated heterocycles. The van der Waals surface area contributed by atoms with Crippen LogP contribution in [0.3, 0.4) is 0 Å². The number of benzene rings is 1. The molecule has 1 N–H and O–H groups in total. The Kier molecular flexibility index (Phi) is 5.76. The molecule has 1 aliphatic heterocycles. The van der Waals surface area contributed by atoms with Crippen LogP contribution in [-0.4, -0.2) is 33.8 Å². The summed E-state index contributed by atoms with van der Waals surface area (Å²) >= 11 is 0. The molecule has 0 bridgehead atoms. The van der Waals surface area contributed by atoms with E-state index in [0.29, 0.717) is 6.61 Å². The highest BCUT2D eigenvalue weighted by atomic mass is 32.2. The van der Waals surface area contributed by atoms with Gasteiger partial charge in [0.15, 0.2) is 0 Å². The Morgan fingerprint density at radius 1 is 1.32 bits per heavy atom. The van der Waals surface area contributed by atoms with Crippen molar-refractivity contribution in [1.82, 2.24) is 5.48 Å². The van der Waals surface area contributed by atoms with Crippen molar-refractivity contribution in [3.63, 3.8) is 0 Å². The van der Waals surface area contributed by atoms with E-state index in [-0.39, 0.29) is 17.6 Å². The molecule has 0 radical (unpaired) electrons. The van der Waals surface area contributed by atoms with Crippen molar-refractivity contribution >= 4 is 16.2 Å². The summed E-state index contributed by atoms with van der Waals surface area (Å²) in [6.45, 7) is 2.55. The van der Waals surface area contributed by atoms with Gasteiger partial charge in [-0.3, -0.25) is 0 Å². The van der Waals surface area contributed by atoms with Gasteiger partial charge in [-0.15, -0.1) is 4.28 Å². The van der Waals surface area contributed by atoms with Gasteiger partial charge in [0.2, 0.25) is 0 Å². The van der Waals surface area contributed by atoms with E-state index >= 15 is 0 Å². The van der Waals surface area contributed by atoms with Gasteiger partial charge in [-0.2, -0.15) is 13.9 Å². The van der Waals surface area contributed by atoms with E-state index < -0.39 is 16.2 Å². The smallest absolute Gasteiger partial charge is 0.432 e. The molecule has 0 spiro atoms. The summed E-state index contributed by atoms with van der Waals surface area (Å²) in [6.07, 6.45) is 1.72. The molecular weight excluding hydrogens is 310 g/mol. The van der Waals surface area contributed by atoms with Gasteiger partial charge in [0.25, 0.3) is 0 Å². The molecule has 1 fully saturated rings. The fourth-order valence-electron chi connectivity index (χ4n) is 1.98. The lowest BCUT2D eigenvalue weighted by Crippen LogP contribution is -2.32. The summed E-state index contributed by atoms with van der Waals surface area (Å²) in [7, 11) is -4.06. The standard InChI is InChI=1S/C14H19NO6S/c1-11-5-7-13(8-6-11)22(17,18)21-15-14(16)20-10-12-4-2-3-9-19-12/h5-8,12H,2-4,9-10H2,1H3,(H,15,16). The first kappa shape index (κ1) is 16.7. The molecule has 22 heavy (non-hydrogen) atoms. The zero-order valence-electron chi connectivity index (χ0n) is 12.3. The third-order valence-corrected chi connectivity index (χ3v) is 4.37. The number of aryl methyl sites for hydroxylation is 1. The Labute approximate surface area is 129 Å². The first-order chi connectivity index (χ1) is 10.5. The largest absolute Gasteiger partial charge is 0.445 e. The van der Waals surface area contributed by atoms with Crippen molar-refractivity contribution in [3.05, 3.63) is 29.8 Å². The van der Waals surface area contributed by atoms with Crippen molar-refractivity contribution in [2.24, 2.45) is 0 Å². The Morgan fingerprint density at radius 2 is 2.05 bits per heavy atom. The zero-order valence-corrected chi connectivity index (χ0v) is 13.1. The fraction of sp³-hybridized carbons (Fsp3) is 0.500. The lowest BCUT2D eigenvalue weighted by Gasteiger charge is -2.21. The van der Waals surface area contributed by atoms with Gasteiger partial charge < -0.3 is 9.47 Å². The van der Waals surface area contributed by atoms with Gasteiger partial charge in [-0.05, 0) is 38.3 Å². The Morgan fingerprint density at radius 3 is 2.68 bits per heavy atom. The number of nitrogens with one attached hydrogen (secondary N) is 1. The molecular formula is C14H19NO6S. The molecule has 1 aromatic carbocycles. The minimum Gasteiger partial charge on any atom is -0.445 e. The van der Waals surface area contributed by atoms with Crippen LogP contribution in [0, 0.1) is 6.92 Å². The van der Waals surface area contributed by atoms with Crippen LogP contribution in [0.25, 0.3) is 0 Å². The summed E-state index contributed by atoms with van der Waals surface area (Å²) < 4.78 is 38.4. The number of ether oxygens (including phenoxy) is 2. The summed E-state index contributed by atoms with van der Waals surface area (Å²) in [5.74, 6) is 0. The SMILES string of the molecule is Cc1ccc(S(=O)(=O)ONC(=O)OCC2CCCCO2)cc1. The molecule has 1 atom stereocenters. The van der Waals surface area contributed by atoms with E-state index in [9.17, 15) is 13.2 Å². The molecule has 0 aliphatic carbocycles. The number of carbonyl (C=O) groups excluding carboxylic acids is 1. The Balaban J connectivity index is 1.78. The molecule has 1 aromatic rings. The molecule has 1 unspecified atom stereocenters. The van der Waals surface area contributed by atoms with Gasteiger partial charge in [-0.25, -0.2) is 4.79 Å². The lowest BCUT2D eigenvalue weighted by molar-refractivity contribution is -0.0262. The maximum absolute atomic E-state index is 11.8. The number of carbonyl (C=O) groups is 1. The maximum atomic E-state index is 11.8. The summed E-state index contributed by atoms with van der Waals surface area (Å²) in [6, 6.07) is 6.06. The zero-order chi connectivity index (χ0) is 16.0. The highest BCUT2D eigenvalue weighted by Gasteiger charge is 2.19.